The van der Waals surface area contributed by atoms with Crippen LogP contribution < -0.4 is 9.47 Å². The lowest BCUT2D eigenvalue weighted by molar-refractivity contribution is 0.0550. The molecular weight excluding hydrogens is 220 g/mol. The van der Waals surface area contributed by atoms with Crippen LogP contribution in [0.5, 0.6) is 11.5 Å². The van der Waals surface area contributed by atoms with E-state index in [0.717, 1.165) is 5.56 Å². The van der Waals surface area contributed by atoms with Crippen molar-refractivity contribution in [3.63, 3.8) is 0 Å². The third-order valence-corrected chi connectivity index (χ3v) is 2.76. The fourth-order valence-corrected chi connectivity index (χ4v) is 1.63. The minimum atomic E-state index is -0.606. The zero-order valence-corrected chi connectivity index (χ0v) is 10.8. The van der Waals surface area contributed by atoms with E-state index in [9.17, 15) is 5.11 Å². The first-order chi connectivity index (χ1) is 8.12. The van der Waals surface area contributed by atoms with Crippen molar-refractivity contribution >= 4 is 0 Å². The van der Waals surface area contributed by atoms with Gasteiger partial charge in [-0.3, -0.25) is 0 Å². The number of aliphatic hydroxyl groups excluding tert-OH is 1. The van der Waals surface area contributed by atoms with Gasteiger partial charge in [-0.1, -0.05) is 0 Å². The molecule has 0 saturated heterocycles. The minimum absolute atomic E-state index is 0.00296. The number of aliphatic hydroxyl groups is 1. The summed E-state index contributed by atoms with van der Waals surface area (Å²) in [5, 5.41) is 10.1. The minimum Gasteiger partial charge on any atom is -0.497 e. The lowest BCUT2D eigenvalue weighted by Crippen LogP contribution is -2.11. The normalized spacial score (nSPS) is 14.2. The Balaban J connectivity index is 2.88. The highest BCUT2D eigenvalue weighted by atomic mass is 16.5. The number of methoxy groups -OCH3 is 3. The Bertz CT molecular complexity index is 351. The predicted molar refractivity (Wildman–Crippen MR) is 65.6 cm³/mol. The van der Waals surface area contributed by atoms with E-state index in [1.807, 2.05) is 13.0 Å². The fraction of sp³-hybridized carbons (Fsp3) is 0.538. The number of ether oxygens (including phenoxy) is 3. The molecule has 2 unspecified atom stereocenters. The Morgan fingerprint density at radius 3 is 2.41 bits per heavy atom. The first-order valence-electron chi connectivity index (χ1n) is 5.55. The van der Waals surface area contributed by atoms with Crippen molar-refractivity contribution in [2.24, 2.45) is 0 Å². The third kappa shape index (κ3) is 3.61. The summed E-state index contributed by atoms with van der Waals surface area (Å²) in [7, 11) is 4.80. The van der Waals surface area contributed by atoms with Gasteiger partial charge < -0.3 is 19.3 Å². The van der Waals surface area contributed by atoms with Crippen molar-refractivity contribution in [2.45, 2.75) is 25.6 Å². The van der Waals surface area contributed by atoms with Crippen LogP contribution in [0.4, 0.5) is 0 Å². The van der Waals surface area contributed by atoms with E-state index in [-0.39, 0.29) is 6.10 Å². The van der Waals surface area contributed by atoms with Crippen LogP contribution >= 0.6 is 0 Å². The summed E-state index contributed by atoms with van der Waals surface area (Å²) < 4.78 is 15.5. The summed E-state index contributed by atoms with van der Waals surface area (Å²) in [6.07, 6.45) is -0.0817. The van der Waals surface area contributed by atoms with E-state index in [1.54, 1.807) is 33.5 Å². The molecule has 96 valence electrons. The molecule has 0 saturated carbocycles. The summed E-state index contributed by atoms with van der Waals surface area (Å²) in [6, 6.07) is 5.37. The number of benzene rings is 1. The molecule has 1 aromatic rings. The van der Waals surface area contributed by atoms with Crippen molar-refractivity contribution in [3.8, 4) is 11.5 Å². The van der Waals surface area contributed by atoms with Crippen LogP contribution in [-0.4, -0.2) is 32.5 Å². The van der Waals surface area contributed by atoms with E-state index in [1.165, 1.54) is 0 Å². The van der Waals surface area contributed by atoms with Crippen molar-refractivity contribution in [1.29, 1.82) is 0 Å². The van der Waals surface area contributed by atoms with Gasteiger partial charge in [-0.15, -0.1) is 0 Å². The molecule has 0 spiro atoms. The molecule has 0 aromatic heterocycles. The molecule has 4 nitrogen and oxygen atoms in total. The average molecular weight is 240 g/mol. The highest BCUT2D eigenvalue weighted by Crippen LogP contribution is 2.31. The van der Waals surface area contributed by atoms with Crippen LogP contribution in [0.2, 0.25) is 0 Å². The van der Waals surface area contributed by atoms with E-state index >= 15 is 0 Å². The van der Waals surface area contributed by atoms with Crippen LogP contribution in [0.15, 0.2) is 18.2 Å². The molecule has 0 radical (unpaired) electrons. The van der Waals surface area contributed by atoms with Crippen LogP contribution in [0.1, 0.15) is 25.0 Å². The van der Waals surface area contributed by atoms with Crippen LogP contribution in [-0.2, 0) is 4.74 Å². The molecule has 1 rings (SSSR count). The lowest BCUT2D eigenvalue weighted by atomic mass is 10.0. The highest BCUT2D eigenvalue weighted by Gasteiger charge is 2.16. The highest BCUT2D eigenvalue weighted by molar-refractivity contribution is 5.41. The molecule has 0 aliphatic rings. The van der Waals surface area contributed by atoms with Crippen molar-refractivity contribution in [1.82, 2.24) is 0 Å². The second-order valence-electron chi connectivity index (χ2n) is 3.91. The van der Waals surface area contributed by atoms with Gasteiger partial charge in [0.2, 0.25) is 0 Å². The number of hydrogen-bond acceptors (Lipinski definition) is 4. The summed E-state index contributed by atoms with van der Waals surface area (Å²) >= 11 is 0. The van der Waals surface area contributed by atoms with Crippen LogP contribution in [0.25, 0.3) is 0 Å². The molecule has 0 aliphatic heterocycles. The van der Waals surface area contributed by atoms with Gasteiger partial charge in [0.05, 0.1) is 26.4 Å². The SMILES string of the molecule is COc1ccc(C(O)CC(C)OC)c(OC)c1. The predicted octanol–water partition coefficient (Wildman–Crippen LogP) is 2.16. The Hall–Kier alpha value is -1.26. The second kappa shape index (κ2) is 6.47. The second-order valence-corrected chi connectivity index (χ2v) is 3.91. The maximum atomic E-state index is 10.1. The summed E-state index contributed by atoms with van der Waals surface area (Å²) in [5.74, 6) is 1.33. The van der Waals surface area contributed by atoms with Crippen LogP contribution in [0.3, 0.4) is 0 Å². The Morgan fingerprint density at radius 2 is 1.88 bits per heavy atom. The zero-order valence-electron chi connectivity index (χ0n) is 10.8. The average Bonchev–Trinajstić information content (AvgIpc) is 2.37. The van der Waals surface area contributed by atoms with Gasteiger partial charge in [0.1, 0.15) is 11.5 Å². The van der Waals surface area contributed by atoms with E-state index in [0.29, 0.717) is 17.9 Å². The fourth-order valence-electron chi connectivity index (χ4n) is 1.63. The van der Waals surface area contributed by atoms with Gasteiger partial charge in [0.15, 0.2) is 0 Å². The molecule has 0 aliphatic carbocycles. The standard InChI is InChI=1S/C13H20O4/c1-9(15-2)7-12(14)11-6-5-10(16-3)8-13(11)17-4/h5-6,8-9,12,14H,7H2,1-4H3. The van der Waals surface area contributed by atoms with E-state index in [4.69, 9.17) is 14.2 Å². The van der Waals surface area contributed by atoms with Crippen LogP contribution in [0, 0.1) is 0 Å². The molecule has 4 heteroatoms. The zero-order chi connectivity index (χ0) is 12.8. The number of rotatable bonds is 6. The largest absolute Gasteiger partial charge is 0.497 e. The first kappa shape index (κ1) is 13.8. The van der Waals surface area contributed by atoms with Crippen molar-refractivity contribution in [2.75, 3.05) is 21.3 Å². The Kier molecular flexibility index (Phi) is 5.25. The maximum absolute atomic E-state index is 10.1. The van der Waals surface area contributed by atoms with Gasteiger partial charge in [0.25, 0.3) is 0 Å². The first-order valence-corrected chi connectivity index (χ1v) is 5.55. The van der Waals surface area contributed by atoms with Gasteiger partial charge in [0, 0.05) is 25.2 Å². The van der Waals surface area contributed by atoms with Crippen molar-refractivity contribution < 1.29 is 19.3 Å². The molecule has 1 N–H and O–H groups in total. The third-order valence-electron chi connectivity index (χ3n) is 2.76. The molecule has 1 aromatic carbocycles. The summed E-state index contributed by atoms with van der Waals surface area (Å²) in [5.41, 5.74) is 0.747. The van der Waals surface area contributed by atoms with E-state index < -0.39 is 6.10 Å². The molecule has 17 heavy (non-hydrogen) atoms. The Labute approximate surface area is 102 Å². The van der Waals surface area contributed by atoms with Gasteiger partial charge in [-0.25, -0.2) is 0 Å². The molecule has 0 heterocycles. The van der Waals surface area contributed by atoms with Gasteiger partial charge in [-0.05, 0) is 19.1 Å². The van der Waals surface area contributed by atoms with Gasteiger partial charge >= 0.3 is 0 Å². The lowest BCUT2D eigenvalue weighted by Gasteiger charge is -2.18. The maximum Gasteiger partial charge on any atom is 0.128 e. The summed E-state index contributed by atoms with van der Waals surface area (Å²) in [4.78, 5) is 0. The summed E-state index contributed by atoms with van der Waals surface area (Å²) in [6.45, 7) is 1.92. The molecule has 0 amide bonds. The number of hydrogen-bond donors (Lipinski definition) is 1. The molecule has 2 atom stereocenters. The Morgan fingerprint density at radius 1 is 1.18 bits per heavy atom. The van der Waals surface area contributed by atoms with Gasteiger partial charge in [-0.2, -0.15) is 0 Å². The van der Waals surface area contributed by atoms with E-state index in [2.05, 4.69) is 0 Å². The molecular formula is C13H20O4. The smallest absolute Gasteiger partial charge is 0.128 e. The molecule has 0 bridgehead atoms. The molecule has 0 fully saturated rings. The topological polar surface area (TPSA) is 47.9 Å². The van der Waals surface area contributed by atoms with Crippen molar-refractivity contribution in [3.05, 3.63) is 23.8 Å². The quantitative estimate of drug-likeness (QED) is 0.827. The monoisotopic (exact) mass is 240 g/mol.